The molecule has 1 fully saturated rings. The van der Waals surface area contributed by atoms with E-state index in [9.17, 15) is 22.4 Å². The van der Waals surface area contributed by atoms with E-state index in [1.54, 1.807) is 16.8 Å². The zero-order chi connectivity index (χ0) is 20.6. The van der Waals surface area contributed by atoms with Crippen LogP contribution in [-0.2, 0) is 27.7 Å². The van der Waals surface area contributed by atoms with Gasteiger partial charge in [0.2, 0.25) is 5.91 Å². The quantitative estimate of drug-likeness (QED) is 0.640. The molecule has 0 bridgehead atoms. The molecule has 0 radical (unpaired) electrons. The largest absolute Gasteiger partial charge is 0.350 e. The molecule has 9 nitrogen and oxygen atoms in total. The molecular weight excluding hydrogens is 401 g/mol. The normalized spacial score (nSPS) is 18.2. The summed E-state index contributed by atoms with van der Waals surface area (Å²) in [4.78, 5) is 28.3. The molecule has 2 aromatic heterocycles. The molecule has 1 N–H and O–H groups in total. The van der Waals surface area contributed by atoms with E-state index in [2.05, 4.69) is 15.4 Å². The lowest BCUT2D eigenvalue weighted by Gasteiger charge is -2.11. The number of aromatic nitrogens is 4. The lowest BCUT2D eigenvalue weighted by Crippen LogP contribution is -2.33. The number of hydrogen-bond donors (Lipinski definition) is 1. The average molecular weight is 419 g/mol. The van der Waals surface area contributed by atoms with Crippen LogP contribution in [0.3, 0.4) is 0 Å². The Morgan fingerprint density at radius 2 is 1.97 bits per heavy atom. The van der Waals surface area contributed by atoms with Crippen molar-refractivity contribution in [2.75, 3.05) is 11.5 Å². The van der Waals surface area contributed by atoms with Crippen LogP contribution >= 0.6 is 0 Å². The van der Waals surface area contributed by atoms with Crippen LogP contribution in [0.15, 0.2) is 41.5 Å². The third-order valence-corrected chi connectivity index (χ3v) is 6.64. The second-order valence-electron chi connectivity index (χ2n) is 6.95. The first-order valence-corrected chi connectivity index (χ1v) is 10.8. The third kappa shape index (κ3) is 4.04. The van der Waals surface area contributed by atoms with Gasteiger partial charge in [0.25, 0.3) is 0 Å². The molecule has 0 unspecified atom stereocenters. The van der Waals surface area contributed by atoms with Crippen molar-refractivity contribution >= 4 is 26.8 Å². The zero-order valence-electron chi connectivity index (χ0n) is 15.3. The number of halogens is 1. The maximum atomic E-state index is 12.9. The highest BCUT2D eigenvalue weighted by Gasteiger charge is 2.31. The van der Waals surface area contributed by atoms with E-state index in [0.717, 1.165) is 5.56 Å². The number of carbonyl (C=O) groups is 1. The molecule has 1 aliphatic rings. The molecular formula is C18H18FN5O4S. The Morgan fingerprint density at radius 3 is 2.66 bits per heavy atom. The van der Waals surface area contributed by atoms with E-state index in [4.69, 9.17) is 0 Å². The number of benzene rings is 1. The monoisotopic (exact) mass is 419 g/mol. The molecule has 0 spiro atoms. The maximum Gasteiger partial charge on any atom is 0.348 e. The highest BCUT2D eigenvalue weighted by atomic mass is 32.2. The summed E-state index contributed by atoms with van der Waals surface area (Å²) in [6.45, 7) is -0.0739. The average Bonchev–Trinajstić information content (AvgIpc) is 3.26. The number of fused-ring (bicyclic) bond motifs is 1. The van der Waals surface area contributed by atoms with E-state index in [1.165, 1.54) is 29.1 Å². The van der Waals surface area contributed by atoms with Gasteiger partial charge in [-0.05, 0) is 24.1 Å². The summed E-state index contributed by atoms with van der Waals surface area (Å²) in [6, 6.07) is 5.40. The van der Waals surface area contributed by atoms with Gasteiger partial charge in [-0.15, -0.1) is 0 Å². The summed E-state index contributed by atoms with van der Waals surface area (Å²) in [5.41, 5.74) is 1.02. The number of sulfone groups is 1. The number of nitrogens with one attached hydrogen (secondary N) is 1. The van der Waals surface area contributed by atoms with Crippen LogP contribution < -0.4 is 11.0 Å². The molecule has 1 amide bonds. The summed E-state index contributed by atoms with van der Waals surface area (Å²) >= 11 is 0. The van der Waals surface area contributed by atoms with Crippen LogP contribution in [0.4, 0.5) is 4.39 Å². The van der Waals surface area contributed by atoms with Gasteiger partial charge >= 0.3 is 5.69 Å². The van der Waals surface area contributed by atoms with Crippen molar-refractivity contribution in [2.24, 2.45) is 0 Å². The minimum absolute atomic E-state index is 0.0128. The summed E-state index contributed by atoms with van der Waals surface area (Å²) in [5.74, 6) is -0.697. The van der Waals surface area contributed by atoms with Crippen molar-refractivity contribution in [1.29, 1.82) is 0 Å². The van der Waals surface area contributed by atoms with Crippen LogP contribution in [0.2, 0.25) is 0 Å². The Kier molecular flexibility index (Phi) is 4.91. The first-order chi connectivity index (χ1) is 13.8. The lowest BCUT2D eigenvalue weighted by atomic mass is 10.2. The third-order valence-electron chi connectivity index (χ3n) is 4.89. The highest BCUT2D eigenvalue weighted by molar-refractivity contribution is 7.91. The van der Waals surface area contributed by atoms with Crippen LogP contribution in [0.1, 0.15) is 18.0 Å². The molecule has 1 aromatic carbocycles. The van der Waals surface area contributed by atoms with E-state index in [-0.39, 0.29) is 36.5 Å². The van der Waals surface area contributed by atoms with Crippen LogP contribution in [-0.4, -0.2) is 45.2 Å². The van der Waals surface area contributed by atoms with Crippen molar-refractivity contribution in [2.45, 2.75) is 25.6 Å². The summed E-state index contributed by atoms with van der Waals surface area (Å²) in [6.07, 6.45) is 3.23. The molecule has 0 aliphatic carbocycles. The summed E-state index contributed by atoms with van der Waals surface area (Å²) in [5, 5.41) is 6.92. The van der Waals surface area contributed by atoms with Gasteiger partial charge in [-0.2, -0.15) is 10.1 Å². The fraction of sp³-hybridized carbons (Fsp3) is 0.333. The van der Waals surface area contributed by atoms with Gasteiger partial charge in [-0.1, -0.05) is 12.1 Å². The van der Waals surface area contributed by atoms with Gasteiger partial charge in [-0.3, -0.25) is 14.0 Å². The van der Waals surface area contributed by atoms with Gasteiger partial charge in [0.05, 0.1) is 35.5 Å². The second kappa shape index (κ2) is 7.39. The molecule has 4 rings (SSSR count). The number of amides is 1. The van der Waals surface area contributed by atoms with E-state index >= 15 is 0 Å². The SMILES string of the molecule is O=C(Cn1c(=O)ncc2c1cnn2[C@H]1CCS(=O)(=O)C1)NCc1ccc(F)cc1. The lowest BCUT2D eigenvalue weighted by molar-refractivity contribution is -0.121. The topological polar surface area (TPSA) is 116 Å². The number of nitrogens with zero attached hydrogens (tertiary/aromatic N) is 4. The first-order valence-electron chi connectivity index (χ1n) is 8.97. The summed E-state index contributed by atoms with van der Waals surface area (Å²) < 4.78 is 39.2. The fourth-order valence-corrected chi connectivity index (χ4v) is 5.09. The number of rotatable bonds is 5. The molecule has 152 valence electrons. The Balaban J connectivity index is 1.54. The minimum atomic E-state index is -3.10. The fourth-order valence-electron chi connectivity index (χ4n) is 3.40. The zero-order valence-corrected chi connectivity index (χ0v) is 16.1. The van der Waals surface area contributed by atoms with E-state index in [0.29, 0.717) is 17.5 Å². The Bertz CT molecular complexity index is 1230. The Morgan fingerprint density at radius 1 is 1.21 bits per heavy atom. The van der Waals surface area contributed by atoms with Crippen molar-refractivity contribution in [3.63, 3.8) is 0 Å². The highest BCUT2D eigenvalue weighted by Crippen LogP contribution is 2.26. The standard InChI is InChI=1S/C18H18FN5O4S/c19-13-3-1-12(2-4-13)7-20-17(25)10-23-15-9-22-24(16(15)8-21-18(23)26)14-5-6-29(27,28)11-14/h1-4,8-9,14H,5-7,10-11H2,(H,20,25)/t14-/m0/s1. The van der Waals surface area contributed by atoms with E-state index < -0.39 is 21.4 Å². The smallest absolute Gasteiger partial charge is 0.348 e. The minimum Gasteiger partial charge on any atom is -0.350 e. The van der Waals surface area contributed by atoms with Crippen molar-refractivity contribution in [3.8, 4) is 0 Å². The molecule has 29 heavy (non-hydrogen) atoms. The van der Waals surface area contributed by atoms with Crippen molar-refractivity contribution in [3.05, 3.63) is 58.5 Å². The molecule has 11 heteroatoms. The predicted molar refractivity (Wildman–Crippen MR) is 102 cm³/mol. The number of carbonyl (C=O) groups excluding carboxylic acids is 1. The summed E-state index contributed by atoms with van der Waals surface area (Å²) in [7, 11) is -3.10. The Hall–Kier alpha value is -3.08. The van der Waals surface area contributed by atoms with E-state index in [1.807, 2.05) is 0 Å². The molecule has 1 atom stereocenters. The predicted octanol–water partition coefficient (Wildman–Crippen LogP) is 0.408. The molecule has 3 heterocycles. The van der Waals surface area contributed by atoms with Gasteiger partial charge in [0, 0.05) is 6.54 Å². The van der Waals surface area contributed by atoms with Crippen molar-refractivity contribution < 1.29 is 17.6 Å². The van der Waals surface area contributed by atoms with Gasteiger partial charge in [0.15, 0.2) is 9.84 Å². The van der Waals surface area contributed by atoms with Gasteiger partial charge in [0.1, 0.15) is 17.9 Å². The molecule has 1 saturated heterocycles. The Labute approximate surface area is 165 Å². The second-order valence-corrected chi connectivity index (χ2v) is 9.18. The molecule has 3 aromatic rings. The van der Waals surface area contributed by atoms with Gasteiger partial charge < -0.3 is 5.32 Å². The van der Waals surface area contributed by atoms with Crippen LogP contribution in [0, 0.1) is 5.82 Å². The first kappa shape index (κ1) is 19.2. The molecule has 1 aliphatic heterocycles. The maximum absolute atomic E-state index is 12.9. The van der Waals surface area contributed by atoms with Crippen molar-refractivity contribution in [1.82, 2.24) is 24.6 Å². The van der Waals surface area contributed by atoms with Gasteiger partial charge in [-0.25, -0.2) is 17.6 Å². The van der Waals surface area contributed by atoms with Crippen LogP contribution in [0.5, 0.6) is 0 Å². The number of hydrogen-bond acceptors (Lipinski definition) is 6. The van der Waals surface area contributed by atoms with Crippen LogP contribution in [0.25, 0.3) is 11.0 Å². The molecule has 0 saturated carbocycles.